The van der Waals surface area contributed by atoms with Crippen LogP contribution in [0.5, 0.6) is 0 Å². The molecular formula is C14H18N2O. The van der Waals surface area contributed by atoms with Crippen molar-refractivity contribution in [2.24, 2.45) is 0 Å². The zero-order chi connectivity index (χ0) is 12.1. The third kappa shape index (κ3) is 3.06. The second kappa shape index (κ2) is 5.81. The number of nitriles is 1. The number of hydrogen-bond donors (Lipinski definition) is 2. The number of benzene rings is 1. The fourth-order valence-corrected chi connectivity index (χ4v) is 2.35. The largest absolute Gasteiger partial charge is 0.387 e. The molecular weight excluding hydrogens is 212 g/mol. The van der Waals surface area contributed by atoms with E-state index in [1.54, 1.807) is 12.1 Å². The average molecular weight is 230 g/mol. The van der Waals surface area contributed by atoms with Crippen molar-refractivity contribution in [3.05, 3.63) is 35.4 Å². The summed E-state index contributed by atoms with van der Waals surface area (Å²) in [4.78, 5) is 0. The molecule has 1 fully saturated rings. The Kier molecular flexibility index (Phi) is 4.13. The van der Waals surface area contributed by atoms with E-state index in [0.29, 0.717) is 5.56 Å². The van der Waals surface area contributed by atoms with E-state index in [4.69, 9.17) is 5.26 Å². The van der Waals surface area contributed by atoms with Crippen molar-refractivity contribution in [1.29, 1.82) is 5.26 Å². The van der Waals surface area contributed by atoms with Crippen LogP contribution in [0.2, 0.25) is 0 Å². The summed E-state index contributed by atoms with van der Waals surface area (Å²) in [6.07, 6.45) is 4.06. The van der Waals surface area contributed by atoms with Crippen LogP contribution in [0.3, 0.4) is 0 Å². The highest BCUT2D eigenvalue weighted by Crippen LogP contribution is 2.23. The molecule has 0 amide bonds. The predicted octanol–water partition coefficient (Wildman–Crippen LogP) is 2.12. The summed E-state index contributed by atoms with van der Waals surface area (Å²) in [6.45, 7) is 0.972. The third-order valence-electron chi connectivity index (χ3n) is 3.34. The molecule has 90 valence electrons. The van der Waals surface area contributed by atoms with Gasteiger partial charge in [0.25, 0.3) is 0 Å². The molecule has 1 saturated heterocycles. The average Bonchev–Trinajstić information content (AvgIpc) is 2.67. The van der Waals surface area contributed by atoms with Crippen molar-refractivity contribution >= 4 is 0 Å². The molecule has 0 aliphatic carbocycles. The molecule has 2 N–H and O–H groups in total. The molecule has 17 heavy (non-hydrogen) atoms. The van der Waals surface area contributed by atoms with Crippen molar-refractivity contribution in [1.82, 2.24) is 5.32 Å². The van der Waals surface area contributed by atoms with E-state index in [9.17, 15) is 5.11 Å². The molecule has 1 aliphatic heterocycles. The van der Waals surface area contributed by atoms with Gasteiger partial charge in [0.2, 0.25) is 0 Å². The monoisotopic (exact) mass is 230 g/mol. The lowest BCUT2D eigenvalue weighted by Gasteiger charge is -2.22. The second-order valence-electron chi connectivity index (χ2n) is 4.59. The van der Waals surface area contributed by atoms with Crippen LogP contribution in [0.4, 0.5) is 0 Å². The molecule has 2 atom stereocenters. The molecule has 1 aromatic rings. The summed E-state index contributed by atoms with van der Waals surface area (Å²) >= 11 is 0. The summed E-state index contributed by atoms with van der Waals surface area (Å²) in [5, 5.41) is 22.6. The van der Waals surface area contributed by atoms with E-state index in [-0.39, 0.29) is 6.04 Å². The van der Waals surface area contributed by atoms with Crippen LogP contribution in [-0.4, -0.2) is 17.7 Å². The van der Waals surface area contributed by atoms with E-state index in [2.05, 4.69) is 11.4 Å². The Morgan fingerprint density at radius 1 is 1.35 bits per heavy atom. The van der Waals surface area contributed by atoms with Crippen LogP contribution in [0, 0.1) is 11.3 Å². The highest BCUT2D eigenvalue weighted by atomic mass is 16.3. The van der Waals surface area contributed by atoms with Gasteiger partial charge < -0.3 is 10.4 Å². The smallest absolute Gasteiger partial charge is 0.0991 e. The summed E-state index contributed by atoms with van der Waals surface area (Å²) in [5.41, 5.74) is 1.44. The first kappa shape index (κ1) is 12.1. The molecule has 1 aromatic carbocycles. The standard InChI is InChI=1S/C14H18N2O/c15-10-11-5-4-6-12(9-11)14(17)13-7-2-1-3-8-16-13/h4-6,9,13-14,16-17H,1-3,7-8H2. The lowest BCUT2D eigenvalue weighted by molar-refractivity contribution is 0.126. The fraction of sp³-hybridized carbons (Fsp3) is 0.500. The fourth-order valence-electron chi connectivity index (χ4n) is 2.35. The summed E-state index contributed by atoms with van der Waals surface area (Å²) in [6, 6.07) is 9.47. The lowest BCUT2D eigenvalue weighted by atomic mass is 9.97. The Bertz CT molecular complexity index is 403. The van der Waals surface area contributed by atoms with Gasteiger partial charge in [0.05, 0.1) is 17.7 Å². The molecule has 1 heterocycles. The molecule has 2 unspecified atom stereocenters. The lowest BCUT2D eigenvalue weighted by Crippen LogP contribution is -2.34. The molecule has 3 heteroatoms. The van der Waals surface area contributed by atoms with Crippen LogP contribution in [0.15, 0.2) is 24.3 Å². The normalized spacial score (nSPS) is 22.5. The molecule has 0 aromatic heterocycles. The van der Waals surface area contributed by atoms with Crippen molar-refractivity contribution in [3.63, 3.8) is 0 Å². The Morgan fingerprint density at radius 3 is 3.06 bits per heavy atom. The SMILES string of the molecule is N#Cc1cccc(C(O)C2CCCCCN2)c1. The highest BCUT2D eigenvalue weighted by Gasteiger charge is 2.21. The molecule has 2 rings (SSSR count). The number of nitrogens with zero attached hydrogens (tertiary/aromatic N) is 1. The maximum absolute atomic E-state index is 10.3. The maximum Gasteiger partial charge on any atom is 0.0991 e. The summed E-state index contributed by atoms with van der Waals surface area (Å²) in [7, 11) is 0. The number of aliphatic hydroxyl groups excluding tert-OH is 1. The maximum atomic E-state index is 10.3. The first-order valence-electron chi connectivity index (χ1n) is 6.23. The second-order valence-corrected chi connectivity index (χ2v) is 4.59. The van der Waals surface area contributed by atoms with Gasteiger partial charge in [-0.2, -0.15) is 5.26 Å². The van der Waals surface area contributed by atoms with Crippen molar-refractivity contribution < 1.29 is 5.11 Å². The predicted molar refractivity (Wildman–Crippen MR) is 66.4 cm³/mol. The van der Waals surface area contributed by atoms with E-state index in [1.165, 1.54) is 12.8 Å². The van der Waals surface area contributed by atoms with Crippen LogP contribution >= 0.6 is 0 Å². The van der Waals surface area contributed by atoms with E-state index >= 15 is 0 Å². The number of aliphatic hydroxyl groups is 1. The zero-order valence-electron chi connectivity index (χ0n) is 9.89. The van der Waals surface area contributed by atoms with Gasteiger partial charge in [-0.05, 0) is 37.1 Å². The van der Waals surface area contributed by atoms with Crippen molar-refractivity contribution in [2.45, 2.75) is 37.8 Å². The number of hydrogen-bond acceptors (Lipinski definition) is 3. The summed E-state index contributed by atoms with van der Waals surface area (Å²) < 4.78 is 0. The van der Waals surface area contributed by atoms with Gasteiger partial charge in [0, 0.05) is 6.04 Å². The van der Waals surface area contributed by atoms with Gasteiger partial charge in [-0.3, -0.25) is 0 Å². The molecule has 0 bridgehead atoms. The molecule has 3 nitrogen and oxygen atoms in total. The minimum Gasteiger partial charge on any atom is -0.387 e. The van der Waals surface area contributed by atoms with Crippen LogP contribution in [0.1, 0.15) is 42.9 Å². The number of nitrogens with one attached hydrogen (secondary N) is 1. The first-order chi connectivity index (χ1) is 8.31. The number of rotatable bonds is 2. The van der Waals surface area contributed by atoms with Gasteiger partial charge in [-0.25, -0.2) is 0 Å². The van der Waals surface area contributed by atoms with Gasteiger partial charge in [0.1, 0.15) is 0 Å². The van der Waals surface area contributed by atoms with E-state index in [1.807, 2.05) is 12.1 Å². The van der Waals surface area contributed by atoms with Gasteiger partial charge in [0.15, 0.2) is 0 Å². The highest BCUT2D eigenvalue weighted by molar-refractivity contribution is 5.34. The van der Waals surface area contributed by atoms with Gasteiger partial charge in [-0.15, -0.1) is 0 Å². The van der Waals surface area contributed by atoms with E-state index < -0.39 is 6.10 Å². The van der Waals surface area contributed by atoms with Crippen LogP contribution in [-0.2, 0) is 0 Å². The van der Waals surface area contributed by atoms with Gasteiger partial charge in [-0.1, -0.05) is 25.0 Å². The van der Waals surface area contributed by atoms with Crippen LogP contribution < -0.4 is 5.32 Å². The van der Waals surface area contributed by atoms with Crippen molar-refractivity contribution in [3.8, 4) is 6.07 Å². The summed E-state index contributed by atoms with van der Waals surface area (Å²) in [5.74, 6) is 0. The Balaban J connectivity index is 2.12. The minimum absolute atomic E-state index is 0.117. The Hall–Kier alpha value is -1.37. The van der Waals surface area contributed by atoms with Crippen LogP contribution in [0.25, 0.3) is 0 Å². The molecule has 0 spiro atoms. The minimum atomic E-state index is -0.513. The van der Waals surface area contributed by atoms with Crippen molar-refractivity contribution in [2.75, 3.05) is 6.54 Å². The quantitative estimate of drug-likeness (QED) is 0.818. The molecule has 1 aliphatic rings. The Morgan fingerprint density at radius 2 is 2.24 bits per heavy atom. The zero-order valence-corrected chi connectivity index (χ0v) is 9.89. The molecule has 0 saturated carbocycles. The molecule has 0 radical (unpaired) electrons. The Labute approximate surface area is 102 Å². The first-order valence-corrected chi connectivity index (χ1v) is 6.23. The topological polar surface area (TPSA) is 56.0 Å². The third-order valence-corrected chi connectivity index (χ3v) is 3.34. The van der Waals surface area contributed by atoms with E-state index in [0.717, 1.165) is 24.9 Å². The van der Waals surface area contributed by atoms with Gasteiger partial charge >= 0.3 is 0 Å².